The zero-order chi connectivity index (χ0) is 22.4. The molecule has 0 amide bonds. The van der Waals surface area contributed by atoms with Crippen molar-refractivity contribution in [2.75, 3.05) is 0 Å². The second-order valence-electron chi connectivity index (χ2n) is 10.5. The predicted molar refractivity (Wildman–Crippen MR) is 117 cm³/mol. The monoisotopic (exact) mass is 492 g/mol. The van der Waals surface area contributed by atoms with E-state index in [0.29, 0.717) is 17.8 Å². The van der Waals surface area contributed by atoms with Gasteiger partial charge in [-0.1, -0.05) is 0 Å². The number of carbonyl (C=O) groups excluding carboxylic acids is 3. The average Bonchev–Trinajstić information content (AvgIpc) is 2.75. The fourth-order valence-corrected chi connectivity index (χ4v) is 7.84. The molecule has 0 aromatic heterocycles. The van der Waals surface area contributed by atoms with E-state index in [0.717, 1.165) is 77.0 Å². The van der Waals surface area contributed by atoms with Crippen molar-refractivity contribution in [1.29, 1.82) is 0 Å². The molecule has 0 unspecified atom stereocenters. The molecule has 0 spiro atoms. The first-order chi connectivity index (χ1) is 14.8. The van der Waals surface area contributed by atoms with Crippen LogP contribution in [0.15, 0.2) is 0 Å². The van der Waals surface area contributed by atoms with E-state index in [2.05, 4.69) is 20.8 Å². The van der Waals surface area contributed by atoms with E-state index in [9.17, 15) is 14.4 Å². The SMILES string of the molecule is CC1CCC(C(=O)[O][Ga]([O]C(=O)C2CCC(C)CC2)[O]C(=O)C2CCC(C)CC2)CC1. The molecule has 3 aliphatic carbocycles. The van der Waals surface area contributed by atoms with E-state index in [-0.39, 0.29) is 35.7 Å². The third-order valence-electron chi connectivity index (χ3n) is 7.68. The minimum atomic E-state index is -3.79. The summed E-state index contributed by atoms with van der Waals surface area (Å²) in [5, 5.41) is 0. The van der Waals surface area contributed by atoms with E-state index in [1.165, 1.54) is 0 Å². The zero-order valence-electron chi connectivity index (χ0n) is 19.5. The average molecular weight is 493 g/mol. The molecule has 0 atom stereocenters. The van der Waals surface area contributed by atoms with Crippen LogP contribution < -0.4 is 0 Å². The van der Waals surface area contributed by atoms with Crippen molar-refractivity contribution in [2.24, 2.45) is 35.5 Å². The Kier molecular flexibility index (Phi) is 9.38. The molecule has 31 heavy (non-hydrogen) atoms. The van der Waals surface area contributed by atoms with Crippen LogP contribution in [0.4, 0.5) is 0 Å². The maximum absolute atomic E-state index is 12.8. The van der Waals surface area contributed by atoms with Gasteiger partial charge in [-0.3, -0.25) is 0 Å². The first-order valence-corrected chi connectivity index (χ1v) is 15.4. The summed E-state index contributed by atoms with van der Waals surface area (Å²) in [6, 6.07) is 0. The first kappa shape index (κ1) is 24.7. The third-order valence-corrected chi connectivity index (χ3v) is 10.4. The van der Waals surface area contributed by atoms with Crippen LogP contribution in [0.5, 0.6) is 0 Å². The second-order valence-corrected chi connectivity index (χ2v) is 13.2. The minimum absolute atomic E-state index is 0.173. The van der Waals surface area contributed by atoms with Crippen molar-refractivity contribution in [2.45, 2.75) is 97.8 Å². The first-order valence-electron chi connectivity index (χ1n) is 12.4. The summed E-state index contributed by atoms with van der Waals surface area (Å²) in [5.74, 6) is 0.331. The molecule has 0 heterocycles. The van der Waals surface area contributed by atoms with Gasteiger partial charge in [-0.2, -0.15) is 0 Å². The summed E-state index contributed by atoms with van der Waals surface area (Å²) in [6.45, 7) is 6.59. The van der Waals surface area contributed by atoms with Crippen molar-refractivity contribution >= 4 is 35.2 Å². The van der Waals surface area contributed by atoms with Crippen LogP contribution in [0.25, 0.3) is 0 Å². The van der Waals surface area contributed by atoms with Crippen molar-refractivity contribution in [1.82, 2.24) is 0 Å². The molecule has 3 aliphatic rings. The van der Waals surface area contributed by atoms with Gasteiger partial charge in [-0.15, -0.1) is 0 Å². The fourth-order valence-electron chi connectivity index (χ4n) is 5.13. The van der Waals surface area contributed by atoms with Gasteiger partial charge in [-0.05, 0) is 0 Å². The normalized spacial score (nSPS) is 33.8. The molecule has 3 fully saturated rings. The van der Waals surface area contributed by atoms with Gasteiger partial charge in [0.2, 0.25) is 0 Å². The van der Waals surface area contributed by atoms with Crippen molar-refractivity contribution in [3.63, 3.8) is 0 Å². The summed E-state index contributed by atoms with van der Waals surface area (Å²) >= 11 is -3.79. The van der Waals surface area contributed by atoms with Gasteiger partial charge in [0.1, 0.15) is 0 Å². The van der Waals surface area contributed by atoms with Gasteiger partial charge in [0.25, 0.3) is 0 Å². The Labute approximate surface area is 193 Å². The Hall–Kier alpha value is -0.954. The van der Waals surface area contributed by atoms with Gasteiger partial charge in [-0.25, -0.2) is 0 Å². The van der Waals surface area contributed by atoms with Crippen molar-refractivity contribution in [3.8, 4) is 0 Å². The van der Waals surface area contributed by atoms with E-state index in [1.54, 1.807) is 0 Å². The van der Waals surface area contributed by atoms with Crippen LogP contribution in [0.1, 0.15) is 97.8 Å². The quantitative estimate of drug-likeness (QED) is 0.481. The van der Waals surface area contributed by atoms with Crippen LogP contribution >= 0.6 is 0 Å². The molecule has 0 aromatic rings. The topological polar surface area (TPSA) is 78.9 Å². The Morgan fingerprint density at radius 3 is 0.935 bits per heavy atom. The van der Waals surface area contributed by atoms with Gasteiger partial charge in [0.05, 0.1) is 0 Å². The Bertz CT molecular complexity index is 528. The number of hydrogen-bond donors (Lipinski definition) is 0. The molecule has 0 bridgehead atoms. The van der Waals surface area contributed by atoms with E-state index in [1.807, 2.05) is 0 Å². The third kappa shape index (κ3) is 7.55. The van der Waals surface area contributed by atoms with Crippen LogP contribution in [0.2, 0.25) is 0 Å². The molecule has 0 saturated heterocycles. The molecule has 0 radical (unpaired) electrons. The zero-order valence-corrected chi connectivity index (χ0v) is 21.9. The number of hydrogen-bond acceptors (Lipinski definition) is 6. The molecule has 0 aromatic carbocycles. The summed E-state index contributed by atoms with van der Waals surface area (Å²) in [7, 11) is 0. The fraction of sp³-hybridized carbons (Fsp3) is 0.875. The van der Waals surface area contributed by atoms with E-state index < -0.39 is 17.3 Å². The molecule has 7 heteroatoms. The van der Waals surface area contributed by atoms with Crippen LogP contribution in [-0.2, 0) is 25.0 Å². The Balaban J connectivity index is 1.59. The maximum atomic E-state index is 12.8. The van der Waals surface area contributed by atoms with Crippen LogP contribution in [0.3, 0.4) is 0 Å². The van der Waals surface area contributed by atoms with Crippen molar-refractivity contribution < 1.29 is 25.0 Å². The molecular weight excluding hydrogens is 454 g/mol. The van der Waals surface area contributed by atoms with Crippen molar-refractivity contribution in [3.05, 3.63) is 0 Å². The summed E-state index contributed by atoms with van der Waals surface area (Å²) in [6.07, 6.45) is 10.7. The van der Waals surface area contributed by atoms with Crippen LogP contribution in [-0.4, -0.2) is 35.2 Å². The van der Waals surface area contributed by atoms with Gasteiger partial charge >= 0.3 is 194 Å². The summed E-state index contributed by atoms with van der Waals surface area (Å²) in [5.41, 5.74) is 0. The predicted octanol–water partition coefficient (Wildman–Crippen LogP) is 5.08. The standard InChI is InChI=1S/3C8H14O2.Ga/c3*1-6-2-4-7(5-3-6)8(9)10;/h3*6-7H,2-5H2,1H3,(H,9,10);/q;;;+3/p-3. The van der Waals surface area contributed by atoms with Gasteiger partial charge in [0, 0.05) is 0 Å². The Morgan fingerprint density at radius 1 is 0.484 bits per heavy atom. The number of carbonyl (C=O) groups is 3. The van der Waals surface area contributed by atoms with E-state index in [4.69, 9.17) is 10.6 Å². The molecular formula is C24H39GaO6. The summed E-state index contributed by atoms with van der Waals surface area (Å²) < 4.78 is 17.0. The Morgan fingerprint density at radius 2 is 0.710 bits per heavy atom. The molecule has 3 rings (SSSR count). The molecule has 0 aliphatic heterocycles. The van der Waals surface area contributed by atoms with E-state index >= 15 is 0 Å². The van der Waals surface area contributed by atoms with Crippen LogP contribution in [0, 0.1) is 35.5 Å². The second kappa shape index (κ2) is 11.8. The number of rotatable bonds is 6. The molecule has 6 nitrogen and oxygen atoms in total. The molecule has 174 valence electrons. The summed E-state index contributed by atoms with van der Waals surface area (Å²) in [4.78, 5) is 38.3. The van der Waals surface area contributed by atoms with Gasteiger partial charge < -0.3 is 0 Å². The molecule has 0 N–H and O–H groups in total. The van der Waals surface area contributed by atoms with Gasteiger partial charge in [0.15, 0.2) is 0 Å². The molecule has 3 saturated carbocycles.